The Labute approximate surface area is 125 Å². The van der Waals surface area contributed by atoms with Gasteiger partial charge in [-0.3, -0.25) is 4.31 Å². The molecule has 1 unspecified atom stereocenters. The zero-order chi connectivity index (χ0) is 15.0. The fourth-order valence-corrected chi connectivity index (χ4v) is 4.18. The maximum Gasteiger partial charge on any atom is 0.264 e. The molecule has 0 fully saturated rings. The third kappa shape index (κ3) is 2.36. The molecule has 3 rings (SSSR count). The van der Waals surface area contributed by atoms with Crippen molar-refractivity contribution in [3.63, 3.8) is 0 Å². The third-order valence-electron chi connectivity index (χ3n) is 3.68. The first-order valence-corrected chi connectivity index (χ1v) is 8.32. The normalized spacial score (nSPS) is 17.6. The van der Waals surface area contributed by atoms with Gasteiger partial charge in [-0.15, -0.1) is 0 Å². The number of benzene rings is 2. The maximum atomic E-state index is 13.0. The molecule has 0 aromatic heterocycles. The molecule has 0 amide bonds. The predicted molar refractivity (Wildman–Crippen MR) is 85.8 cm³/mol. The first-order valence-electron chi connectivity index (χ1n) is 6.88. The number of fused-ring (bicyclic) bond motifs is 1. The highest BCUT2D eigenvalue weighted by Gasteiger charge is 2.31. The quantitative estimate of drug-likeness (QED) is 0.849. The molecular formula is C17H17NO2S. The van der Waals surface area contributed by atoms with Crippen molar-refractivity contribution in [1.29, 1.82) is 0 Å². The first kappa shape index (κ1) is 13.9. The van der Waals surface area contributed by atoms with Gasteiger partial charge in [-0.05, 0) is 37.6 Å². The molecule has 1 atom stereocenters. The minimum atomic E-state index is -3.56. The van der Waals surface area contributed by atoms with E-state index in [9.17, 15) is 8.42 Å². The predicted octanol–water partition coefficient (Wildman–Crippen LogP) is 3.61. The monoisotopic (exact) mass is 299 g/mol. The first-order chi connectivity index (χ1) is 10.00. The second-order valence-corrected chi connectivity index (χ2v) is 7.09. The standard InChI is InChI=1S/C17H17NO2S/c1-13-7-11-16(12-8-13)21(19,20)18-14(2)9-10-15-5-3-4-6-17(15)18/h3-12,14H,1-2H3. The lowest BCUT2D eigenvalue weighted by atomic mass is 10.1. The van der Waals surface area contributed by atoms with Gasteiger partial charge in [0.25, 0.3) is 10.0 Å². The molecule has 0 aliphatic carbocycles. The summed E-state index contributed by atoms with van der Waals surface area (Å²) in [7, 11) is -3.56. The van der Waals surface area contributed by atoms with Crippen molar-refractivity contribution in [2.45, 2.75) is 24.8 Å². The van der Waals surface area contributed by atoms with Crippen molar-refractivity contribution in [1.82, 2.24) is 0 Å². The lowest BCUT2D eigenvalue weighted by Crippen LogP contribution is -2.39. The van der Waals surface area contributed by atoms with Crippen LogP contribution in [0.2, 0.25) is 0 Å². The van der Waals surface area contributed by atoms with Crippen molar-refractivity contribution < 1.29 is 8.42 Å². The zero-order valence-corrected chi connectivity index (χ0v) is 12.8. The molecule has 0 N–H and O–H groups in total. The molecule has 3 nitrogen and oxygen atoms in total. The van der Waals surface area contributed by atoms with Crippen LogP contribution in [-0.4, -0.2) is 14.5 Å². The molecule has 1 heterocycles. The van der Waals surface area contributed by atoms with Gasteiger partial charge >= 0.3 is 0 Å². The number of sulfonamides is 1. The average Bonchev–Trinajstić information content (AvgIpc) is 2.47. The van der Waals surface area contributed by atoms with Gasteiger partial charge in [0.2, 0.25) is 0 Å². The van der Waals surface area contributed by atoms with Gasteiger partial charge in [0.05, 0.1) is 16.6 Å². The van der Waals surface area contributed by atoms with E-state index in [4.69, 9.17) is 0 Å². The molecule has 0 radical (unpaired) electrons. The molecule has 0 bridgehead atoms. The molecule has 108 valence electrons. The summed E-state index contributed by atoms with van der Waals surface area (Å²) >= 11 is 0. The summed E-state index contributed by atoms with van der Waals surface area (Å²) in [6.45, 7) is 3.83. The van der Waals surface area contributed by atoms with Crippen molar-refractivity contribution in [2.24, 2.45) is 0 Å². The van der Waals surface area contributed by atoms with Crippen LogP contribution in [0.15, 0.2) is 59.5 Å². The number of aryl methyl sites for hydroxylation is 1. The van der Waals surface area contributed by atoms with Gasteiger partial charge in [-0.25, -0.2) is 8.42 Å². The van der Waals surface area contributed by atoms with Crippen LogP contribution >= 0.6 is 0 Å². The van der Waals surface area contributed by atoms with Gasteiger partial charge in [-0.1, -0.05) is 48.0 Å². The largest absolute Gasteiger partial charge is 0.264 e. The third-order valence-corrected chi connectivity index (χ3v) is 5.59. The van der Waals surface area contributed by atoms with E-state index < -0.39 is 10.0 Å². The highest BCUT2D eigenvalue weighted by molar-refractivity contribution is 7.92. The molecule has 21 heavy (non-hydrogen) atoms. The molecule has 0 spiro atoms. The fraction of sp³-hybridized carbons (Fsp3) is 0.176. The zero-order valence-electron chi connectivity index (χ0n) is 12.0. The van der Waals surface area contributed by atoms with Crippen molar-refractivity contribution in [2.75, 3.05) is 4.31 Å². The number of para-hydroxylation sites is 1. The summed E-state index contributed by atoms with van der Waals surface area (Å²) in [5.74, 6) is 0. The average molecular weight is 299 g/mol. The molecule has 0 saturated carbocycles. The van der Waals surface area contributed by atoms with Crippen LogP contribution in [0.1, 0.15) is 18.1 Å². The van der Waals surface area contributed by atoms with E-state index >= 15 is 0 Å². The van der Waals surface area contributed by atoms with Crippen LogP contribution in [-0.2, 0) is 10.0 Å². The van der Waals surface area contributed by atoms with Gasteiger partial charge in [-0.2, -0.15) is 0 Å². The molecule has 4 heteroatoms. The van der Waals surface area contributed by atoms with Gasteiger partial charge in [0, 0.05) is 0 Å². The Balaban J connectivity index is 2.14. The van der Waals surface area contributed by atoms with Crippen LogP contribution in [0.4, 0.5) is 5.69 Å². The van der Waals surface area contributed by atoms with E-state index in [1.807, 2.05) is 62.4 Å². The Hall–Kier alpha value is -2.07. The second-order valence-electron chi connectivity index (χ2n) is 5.27. The molecule has 2 aromatic rings. The topological polar surface area (TPSA) is 37.4 Å². The summed E-state index contributed by atoms with van der Waals surface area (Å²) < 4.78 is 27.4. The van der Waals surface area contributed by atoms with Gasteiger partial charge in [0.15, 0.2) is 0 Å². The summed E-state index contributed by atoms with van der Waals surface area (Å²) in [4.78, 5) is 0.324. The Morgan fingerprint density at radius 2 is 1.67 bits per heavy atom. The maximum absolute atomic E-state index is 13.0. The van der Waals surface area contributed by atoms with E-state index in [0.717, 1.165) is 16.8 Å². The minimum absolute atomic E-state index is 0.203. The Morgan fingerprint density at radius 1 is 1.00 bits per heavy atom. The number of hydrogen-bond acceptors (Lipinski definition) is 2. The molecule has 0 saturated heterocycles. The molecule has 1 aliphatic rings. The lowest BCUT2D eigenvalue weighted by Gasteiger charge is -2.32. The Morgan fingerprint density at radius 3 is 2.38 bits per heavy atom. The van der Waals surface area contributed by atoms with Gasteiger partial charge in [0.1, 0.15) is 0 Å². The van der Waals surface area contributed by atoms with Crippen LogP contribution in [0.3, 0.4) is 0 Å². The SMILES string of the molecule is Cc1ccc(S(=O)(=O)N2c3ccccc3C=CC2C)cc1. The highest BCUT2D eigenvalue weighted by Crippen LogP contribution is 2.33. The second kappa shape index (κ2) is 5.04. The van der Waals surface area contributed by atoms with Crippen molar-refractivity contribution in [3.05, 3.63) is 65.7 Å². The highest BCUT2D eigenvalue weighted by atomic mass is 32.2. The lowest BCUT2D eigenvalue weighted by molar-refractivity contribution is 0.587. The summed E-state index contributed by atoms with van der Waals surface area (Å²) in [6, 6.07) is 14.3. The van der Waals surface area contributed by atoms with Gasteiger partial charge < -0.3 is 0 Å². The number of hydrogen-bond donors (Lipinski definition) is 0. The number of anilines is 1. The van der Waals surface area contributed by atoms with Crippen LogP contribution < -0.4 is 4.31 Å². The smallest absolute Gasteiger partial charge is 0.259 e. The fourth-order valence-electron chi connectivity index (χ4n) is 2.54. The van der Waals surface area contributed by atoms with Crippen LogP contribution in [0.25, 0.3) is 6.08 Å². The summed E-state index contributed by atoms with van der Waals surface area (Å²) in [5.41, 5.74) is 2.69. The molecule has 1 aliphatic heterocycles. The van der Waals surface area contributed by atoms with E-state index in [0.29, 0.717) is 4.90 Å². The Kier molecular flexibility index (Phi) is 3.33. The van der Waals surface area contributed by atoms with E-state index in [-0.39, 0.29) is 6.04 Å². The van der Waals surface area contributed by atoms with Crippen molar-refractivity contribution in [3.8, 4) is 0 Å². The summed E-state index contributed by atoms with van der Waals surface area (Å²) in [6.07, 6.45) is 3.88. The van der Waals surface area contributed by atoms with Crippen molar-refractivity contribution >= 4 is 21.8 Å². The summed E-state index contributed by atoms with van der Waals surface area (Å²) in [5, 5.41) is 0. The number of rotatable bonds is 2. The molecular weight excluding hydrogens is 282 g/mol. The van der Waals surface area contributed by atoms with Crippen LogP contribution in [0, 0.1) is 6.92 Å². The van der Waals surface area contributed by atoms with E-state index in [1.54, 1.807) is 12.1 Å². The van der Waals surface area contributed by atoms with E-state index in [2.05, 4.69) is 0 Å². The van der Waals surface area contributed by atoms with Crippen LogP contribution in [0.5, 0.6) is 0 Å². The Bertz CT molecular complexity index is 792. The molecule has 2 aromatic carbocycles. The van der Waals surface area contributed by atoms with E-state index in [1.165, 1.54) is 4.31 Å². The minimum Gasteiger partial charge on any atom is -0.259 e. The number of nitrogens with zero attached hydrogens (tertiary/aromatic N) is 1.